The van der Waals surface area contributed by atoms with Gasteiger partial charge >= 0.3 is 0 Å². The van der Waals surface area contributed by atoms with Crippen LogP contribution in [-0.4, -0.2) is 48.5 Å². The predicted octanol–water partition coefficient (Wildman–Crippen LogP) is 2.70. The molecule has 0 spiro atoms. The number of nitrogens with zero attached hydrogens (tertiary/aromatic N) is 2. The van der Waals surface area contributed by atoms with Crippen molar-refractivity contribution in [3.8, 4) is 5.75 Å². The Labute approximate surface area is 133 Å². The number of piperazine rings is 1. The van der Waals surface area contributed by atoms with Crippen LogP contribution in [0, 0.1) is 5.41 Å². The van der Waals surface area contributed by atoms with E-state index in [0.717, 1.165) is 45.0 Å². The summed E-state index contributed by atoms with van der Waals surface area (Å²) in [5.41, 5.74) is 1.01. The molecule has 1 atom stereocenters. The van der Waals surface area contributed by atoms with Gasteiger partial charge in [0.2, 0.25) is 5.91 Å². The highest BCUT2D eigenvalue weighted by molar-refractivity contribution is 5.81. The van der Waals surface area contributed by atoms with Crippen molar-refractivity contribution in [2.45, 2.75) is 33.2 Å². The van der Waals surface area contributed by atoms with Crippen molar-refractivity contribution in [1.29, 1.82) is 0 Å². The average Bonchev–Trinajstić information content (AvgIpc) is 2.53. The Bertz CT molecular complexity index is 542. The number of para-hydroxylation sites is 1. The molecule has 0 aromatic heterocycles. The largest absolute Gasteiger partial charge is 0.493 e. The van der Waals surface area contributed by atoms with E-state index in [1.54, 1.807) is 0 Å². The summed E-state index contributed by atoms with van der Waals surface area (Å²) >= 11 is 0. The summed E-state index contributed by atoms with van der Waals surface area (Å²) in [6.07, 6.45) is 1.03. The highest BCUT2D eigenvalue weighted by Crippen LogP contribution is 2.36. The molecular formula is C18H26N2O2. The summed E-state index contributed by atoms with van der Waals surface area (Å²) in [6.45, 7) is 10.3. The minimum Gasteiger partial charge on any atom is -0.493 e. The standard InChI is InChI=1S/C18H26N2O2/c1-18(2,3)17(21)20-11-9-19(10-12-20)15-8-13-22-16-7-5-4-6-14(15)16/h4-7,15H,8-13H2,1-3H3. The summed E-state index contributed by atoms with van der Waals surface area (Å²) in [7, 11) is 0. The van der Waals surface area contributed by atoms with Crippen LogP contribution in [0.4, 0.5) is 0 Å². The fraction of sp³-hybridized carbons (Fsp3) is 0.611. The van der Waals surface area contributed by atoms with E-state index in [4.69, 9.17) is 4.74 Å². The fourth-order valence-electron chi connectivity index (χ4n) is 3.41. The number of carbonyl (C=O) groups is 1. The first-order valence-corrected chi connectivity index (χ1v) is 8.22. The van der Waals surface area contributed by atoms with Crippen molar-refractivity contribution in [2.75, 3.05) is 32.8 Å². The van der Waals surface area contributed by atoms with Crippen LogP contribution in [0.2, 0.25) is 0 Å². The van der Waals surface area contributed by atoms with E-state index in [1.807, 2.05) is 31.7 Å². The average molecular weight is 302 g/mol. The van der Waals surface area contributed by atoms with Crippen molar-refractivity contribution in [3.63, 3.8) is 0 Å². The van der Waals surface area contributed by atoms with Crippen molar-refractivity contribution in [1.82, 2.24) is 9.80 Å². The van der Waals surface area contributed by atoms with Gasteiger partial charge in [0.1, 0.15) is 5.75 Å². The quantitative estimate of drug-likeness (QED) is 0.799. The Morgan fingerprint density at radius 3 is 2.50 bits per heavy atom. The smallest absolute Gasteiger partial charge is 0.228 e. The van der Waals surface area contributed by atoms with E-state index in [2.05, 4.69) is 23.1 Å². The van der Waals surface area contributed by atoms with E-state index < -0.39 is 0 Å². The molecule has 0 saturated carbocycles. The van der Waals surface area contributed by atoms with Gasteiger partial charge < -0.3 is 9.64 Å². The predicted molar refractivity (Wildman–Crippen MR) is 86.9 cm³/mol. The Balaban J connectivity index is 1.67. The van der Waals surface area contributed by atoms with Gasteiger partial charge in [-0.15, -0.1) is 0 Å². The highest BCUT2D eigenvalue weighted by atomic mass is 16.5. The molecule has 4 nitrogen and oxygen atoms in total. The molecule has 120 valence electrons. The molecule has 0 bridgehead atoms. The first-order chi connectivity index (χ1) is 10.5. The number of amides is 1. The van der Waals surface area contributed by atoms with Gasteiger partial charge in [0.05, 0.1) is 6.61 Å². The normalized spacial score (nSPS) is 22.9. The maximum atomic E-state index is 12.4. The lowest BCUT2D eigenvalue weighted by atomic mass is 9.94. The molecule has 1 unspecified atom stereocenters. The topological polar surface area (TPSA) is 32.8 Å². The molecule has 4 heteroatoms. The van der Waals surface area contributed by atoms with Gasteiger partial charge in [-0.05, 0) is 6.07 Å². The van der Waals surface area contributed by atoms with Crippen LogP contribution in [0.5, 0.6) is 5.75 Å². The number of hydrogen-bond acceptors (Lipinski definition) is 3. The Hall–Kier alpha value is -1.55. The molecule has 1 aromatic rings. The number of carbonyl (C=O) groups excluding carboxylic acids is 1. The van der Waals surface area contributed by atoms with Crippen LogP contribution >= 0.6 is 0 Å². The summed E-state index contributed by atoms with van der Waals surface area (Å²) in [5.74, 6) is 1.28. The van der Waals surface area contributed by atoms with Crippen molar-refractivity contribution < 1.29 is 9.53 Å². The number of benzene rings is 1. The monoisotopic (exact) mass is 302 g/mol. The van der Waals surface area contributed by atoms with E-state index in [1.165, 1.54) is 5.56 Å². The summed E-state index contributed by atoms with van der Waals surface area (Å²) in [5, 5.41) is 0. The number of rotatable bonds is 1. The zero-order valence-corrected chi connectivity index (χ0v) is 13.8. The fourth-order valence-corrected chi connectivity index (χ4v) is 3.41. The molecule has 3 rings (SSSR count). The van der Waals surface area contributed by atoms with E-state index >= 15 is 0 Å². The van der Waals surface area contributed by atoms with Crippen LogP contribution in [0.15, 0.2) is 24.3 Å². The van der Waals surface area contributed by atoms with E-state index in [-0.39, 0.29) is 11.3 Å². The minimum absolute atomic E-state index is 0.263. The second-order valence-corrected chi connectivity index (χ2v) is 7.27. The zero-order chi connectivity index (χ0) is 15.7. The van der Waals surface area contributed by atoms with Crippen LogP contribution in [-0.2, 0) is 4.79 Å². The van der Waals surface area contributed by atoms with Gasteiger partial charge in [0.15, 0.2) is 0 Å². The molecule has 0 N–H and O–H groups in total. The van der Waals surface area contributed by atoms with Gasteiger partial charge in [-0.3, -0.25) is 9.69 Å². The van der Waals surface area contributed by atoms with Crippen LogP contribution < -0.4 is 4.74 Å². The van der Waals surface area contributed by atoms with Crippen LogP contribution in [0.1, 0.15) is 38.8 Å². The van der Waals surface area contributed by atoms with Gasteiger partial charge in [0, 0.05) is 49.6 Å². The number of hydrogen-bond donors (Lipinski definition) is 0. The molecule has 2 aliphatic rings. The first-order valence-electron chi connectivity index (χ1n) is 8.22. The van der Waals surface area contributed by atoms with Gasteiger partial charge in [-0.2, -0.15) is 0 Å². The van der Waals surface area contributed by atoms with E-state index in [9.17, 15) is 4.79 Å². The maximum absolute atomic E-state index is 12.4. The van der Waals surface area contributed by atoms with E-state index in [0.29, 0.717) is 6.04 Å². The SMILES string of the molecule is CC(C)(C)C(=O)N1CCN(C2CCOc3ccccc32)CC1. The van der Waals surface area contributed by atoms with Crippen molar-refractivity contribution in [2.24, 2.45) is 5.41 Å². The lowest BCUT2D eigenvalue weighted by Gasteiger charge is -2.42. The second-order valence-electron chi connectivity index (χ2n) is 7.27. The van der Waals surface area contributed by atoms with Gasteiger partial charge in [-0.25, -0.2) is 0 Å². The minimum atomic E-state index is -0.284. The summed E-state index contributed by atoms with van der Waals surface area (Å²) in [4.78, 5) is 16.9. The highest BCUT2D eigenvalue weighted by Gasteiger charge is 2.33. The molecule has 0 aliphatic carbocycles. The molecule has 1 fully saturated rings. The van der Waals surface area contributed by atoms with Crippen molar-refractivity contribution in [3.05, 3.63) is 29.8 Å². The third-order valence-corrected chi connectivity index (χ3v) is 4.61. The molecule has 2 aliphatic heterocycles. The second kappa shape index (κ2) is 5.92. The Morgan fingerprint density at radius 2 is 1.82 bits per heavy atom. The van der Waals surface area contributed by atoms with Gasteiger partial charge in [0.25, 0.3) is 0 Å². The molecular weight excluding hydrogens is 276 g/mol. The maximum Gasteiger partial charge on any atom is 0.228 e. The molecule has 1 aromatic carbocycles. The first kappa shape index (κ1) is 15.3. The summed E-state index contributed by atoms with van der Waals surface area (Å²) in [6, 6.07) is 8.77. The molecule has 1 saturated heterocycles. The lowest BCUT2D eigenvalue weighted by molar-refractivity contribution is -0.141. The van der Waals surface area contributed by atoms with Crippen LogP contribution in [0.3, 0.4) is 0 Å². The summed E-state index contributed by atoms with van der Waals surface area (Å²) < 4.78 is 5.76. The van der Waals surface area contributed by atoms with Crippen LogP contribution in [0.25, 0.3) is 0 Å². The molecule has 22 heavy (non-hydrogen) atoms. The Morgan fingerprint density at radius 1 is 1.14 bits per heavy atom. The van der Waals surface area contributed by atoms with Gasteiger partial charge in [-0.1, -0.05) is 39.0 Å². The Kier molecular flexibility index (Phi) is 4.13. The molecule has 2 heterocycles. The number of fused-ring (bicyclic) bond motifs is 1. The molecule has 1 amide bonds. The lowest BCUT2D eigenvalue weighted by Crippen LogP contribution is -2.52. The zero-order valence-electron chi connectivity index (χ0n) is 13.8. The molecule has 0 radical (unpaired) electrons. The third kappa shape index (κ3) is 2.98. The number of ether oxygens (including phenoxy) is 1. The third-order valence-electron chi connectivity index (χ3n) is 4.61. The van der Waals surface area contributed by atoms with Crippen molar-refractivity contribution >= 4 is 5.91 Å².